The Kier molecular flexibility index (Phi) is 6.15. The van der Waals surface area contributed by atoms with Crippen LogP contribution in [0.4, 0.5) is 37.7 Å². The largest absolute Gasteiger partial charge is 0.417 e. The van der Waals surface area contributed by atoms with Crippen molar-refractivity contribution < 1.29 is 35.9 Å². The van der Waals surface area contributed by atoms with E-state index in [0.717, 1.165) is 24.3 Å². The van der Waals surface area contributed by atoms with Crippen molar-refractivity contribution in [3.63, 3.8) is 0 Å². The number of halogens is 8. The van der Waals surface area contributed by atoms with Crippen LogP contribution < -0.4 is 10.6 Å². The van der Waals surface area contributed by atoms with Crippen molar-refractivity contribution >= 4 is 46.4 Å². The molecular weight excluding hydrogens is 437 g/mol. The summed E-state index contributed by atoms with van der Waals surface area (Å²) < 4.78 is 76.8. The summed E-state index contributed by atoms with van der Waals surface area (Å²) in [5.74, 6) is -2.81. The lowest BCUT2D eigenvalue weighted by Crippen LogP contribution is -2.29. The molecule has 0 aliphatic carbocycles. The quantitative estimate of drug-likeness (QED) is 0.467. The lowest BCUT2D eigenvalue weighted by atomic mass is 10.2. The molecule has 2 amide bonds. The normalized spacial score (nSPS) is 11.9. The summed E-state index contributed by atoms with van der Waals surface area (Å²) in [6, 6.07) is 4.80. The van der Waals surface area contributed by atoms with Crippen LogP contribution in [0.2, 0.25) is 10.0 Å². The van der Waals surface area contributed by atoms with Crippen molar-refractivity contribution in [2.24, 2.45) is 0 Å². The molecule has 28 heavy (non-hydrogen) atoms. The van der Waals surface area contributed by atoms with Crippen LogP contribution in [0.25, 0.3) is 0 Å². The first-order valence-electron chi connectivity index (χ1n) is 7.15. The Hall–Kier alpha value is -2.46. The van der Waals surface area contributed by atoms with Gasteiger partial charge in [-0.1, -0.05) is 23.2 Å². The third-order valence-corrected chi connectivity index (χ3v) is 3.92. The summed E-state index contributed by atoms with van der Waals surface area (Å²) in [5.41, 5.74) is -3.24. The Morgan fingerprint density at radius 1 is 0.679 bits per heavy atom. The van der Waals surface area contributed by atoms with E-state index in [-0.39, 0.29) is 11.4 Å². The van der Waals surface area contributed by atoms with Gasteiger partial charge in [0.25, 0.3) is 0 Å². The molecule has 0 spiro atoms. The summed E-state index contributed by atoms with van der Waals surface area (Å²) in [6.07, 6.45) is -9.59. The highest BCUT2D eigenvalue weighted by Gasteiger charge is 2.34. The Balaban J connectivity index is 2.16. The molecule has 0 fully saturated rings. The predicted octanol–water partition coefficient (Wildman–Crippen LogP) is 5.61. The molecule has 0 aromatic heterocycles. The van der Waals surface area contributed by atoms with Crippen LogP contribution in [0.15, 0.2) is 36.4 Å². The molecule has 0 atom stereocenters. The molecule has 0 saturated heterocycles. The van der Waals surface area contributed by atoms with Gasteiger partial charge in [0.2, 0.25) is 0 Å². The van der Waals surface area contributed by atoms with Crippen molar-refractivity contribution in [3.05, 3.63) is 57.6 Å². The zero-order valence-electron chi connectivity index (χ0n) is 13.3. The molecule has 0 aliphatic rings. The van der Waals surface area contributed by atoms with E-state index in [1.807, 2.05) is 10.6 Å². The topological polar surface area (TPSA) is 58.2 Å². The van der Waals surface area contributed by atoms with Gasteiger partial charge in [0.15, 0.2) is 0 Å². The summed E-state index contributed by atoms with van der Waals surface area (Å²) in [5, 5.41) is 2.57. The molecule has 0 aliphatic heterocycles. The van der Waals surface area contributed by atoms with E-state index in [2.05, 4.69) is 0 Å². The van der Waals surface area contributed by atoms with Gasteiger partial charge in [-0.3, -0.25) is 9.59 Å². The van der Waals surface area contributed by atoms with Crippen LogP contribution in [0.3, 0.4) is 0 Å². The fraction of sp³-hybridized carbons (Fsp3) is 0.125. The highest BCUT2D eigenvalue weighted by atomic mass is 35.5. The predicted molar refractivity (Wildman–Crippen MR) is 90.2 cm³/mol. The van der Waals surface area contributed by atoms with Gasteiger partial charge in [-0.2, -0.15) is 26.3 Å². The Morgan fingerprint density at radius 2 is 1.00 bits per heavy atom. The first-order valence-corrected chi connectivity index (χ1v) is 7.90. The molecule has 0 radical (unpaired) electrons. The van der Waals surface area contributed by atoms with Gasteiger partial charge in [-0.05, 0) is 36.4 Å². The standard InChI is InChI=1S/C16H8Cl2F6N2O2/c17-11-3-1-7(5-9(11)15(19,20)21)25-13(27)14(28)26-8-2-4-12(18)10(6-8)16(22,23)24/h1-6H,(H,25,27)(H,26,28). The molecule has 150 valence electrons. The number of nitrogens with one attached hydrogen (secondary N) is 2. The second kappa shape index (κ2) is 7.88. The van der Waals surface area contributed by atoms with Gasteiger partial charge in [0.05, 0.1) is 21.2 Å². The number of carbonyl (C=O) groups is 2. The van der Waals surface area contributed by atoms with Crippen molar-refractivity contribution in [2.75, 3.05) is 10.6 Å². The van der Waals surface area contributed by atoms with Crippen LogP contribution >= 0.6 is 23.2 Å². The Morgan fingerprint density at radius 3 is 1.29 bits per heavy atom. The van der Waals surface area contributed by atoms with E-state index < -0.39 is 45.3 Å². The van der Waals surface area contributed by atoms with Gasteiger partial charge in [-0.25, -0.2) is 0 Å². The number of alkyl halides is 6. The van der Waals surface area contributed by atoms with Crippen molar-refractivity contribution in [2.45, 2.75) is 12.4 Å². The maximum Gasteiger partial charge on any atom is 0.417 e. The maximum absolute atomic E-state index is 12.8. The third-order valence-electron chi connectivity index (χ3n) is 3.27. The first kappa shape index (κ1) is 21.8. The number of anilines is 2. The van der Waals surface area contributed by atoms with Crippen LogP contribution in [0, 0.1) is 0 Å². The minimum absolute atomic E-state index is 0.385. The molecule has 0 heterocycles. The van der Waals surface area contributed by atoms with E-state index >= 15 is 0 Å². The molecular formula is C16H8Cl2F6N2O2. The average Bonchev–Trinajstić information content (AvgIpc) is 2.56. The van der Waals surface area contributed by atoms with Crippen LogP contribution in [-0.2, 0) is 21.9 Å². The third kappa shape index (κ3) is 5.29. The highest BCUT2D eigenvalue weighted by molar-refractivity contribution is 6.43. The second-order valence-electron chi connectivity index (χ2n) is 5.29. The lowest BCUT2D eigenvalue weighted by Gasteiger charge is -2.13. The molecule has 2 rings (SSSR count). The van der Waals surface area contributed by atoms with Gasteiger partial charge in [-0.15, -0.1) is 0 Å². The molecule has 0 bridgehead atoms. The maximum atomic E-state index is 12.8. The molecule has 0 unspecified atom stereocenters. The number of hydrogen-bond acceptors (Lipinski definition) is 2. The van der Waals surface area contributed by atoms with Crippen molar-refractivity contribution in [1.82, 2.24) is 0 Å². The van der Waals surface area contributed by atoms with E-state index in [1.54, 1.807) is 0 Å². The molecule has 2 aromatic carbocycles. The number of amides is 2. The molecule has 0 saturated carbocycles. The van der Waals surface area contributed by atoms with Crippen molar-refractivity contribution in [1.29, 1.82) is 0 Å². The number of rotatable bonds is 2. The fourth-order valence-electron chi connectivity index (χ4n) is 2.02. The zero-order valence-corrected chi connectivity index (χ0v) is 14.8. The van der Waals surface area contributed by atoms with E-state index in [0.29, 0.717) is 12.1 Å². The van der Waals surface area contributed by atoms with Crippen LogP contribution in [0.1, 0.15) is 11.1 Å². The zero-order chi connectivity index (χ0) is 21.3. The molecule has 4 nitrogen and oxygen atoms in total. The molecule has 12 heteroatoms. The minimum atomic E-state index is -4.79. The van der Waals surface area contributed by atoms with E-state index in [1.165, 1.54) is 0 Å². The smallest absolute Gasteiger partial charge is 0.318 e. The van der Waals surface area contributed by atoms with E-state index in [4.69, 9.17) is 23.2 Å². The number of hydrogen-bond donors (Lipinski definition) is 2. The summed E-state index contributed by atoms with van der Waals surface area (Å²) in [7, 11) is 0. The summed E-state index contributed by atoms with van der Waals surface area (Å²) in [4.78, 5) is 23.7. The summed E-state index contributed by atoms with van der Waals surface area (Å²) in [6.45, 7) is 0. The van der Waals surface area contributed by atoms with Crippen LogP contribution in [-0.4, -0.2) is 11.8 Å². The fourth-order valence-corrected chi connectivity index (χ4v) is 2.47. The second-order valence-corrected chi connectivity index (χ2v) is 6.11. The molecule has 2 N–H and O–H groups in total. The number of benzene rings is 2. The minimum Gasteiger partial charge on any atom is -0.318 e. The first-order chi connectivity index (χ1) is 12.8. The Labute approximate surface area is 163 Å². The number of carbonyl (C=O) groups excluding carboxylic acids is 2. The lowest BCUT2D eigenvalue weighted by molar-refractivity contribution is -0.138. The van der Waals surface area contributed by atoms with Crippen LogP contribution in [0.5, 0.6) is 0 Å². The van der Waals surface area contributed by atoms with Gasteiger partial charge in [0.1, 0.15) is 0 Å². The van der Waals surface area contributed by atoms with Gasteiger partial charge >= 0.3 is 24.2 Å². The highest BCUT2D eigenvalue weighted by Crippen LogP contribution is 2.37. The van der Waals surface area contributed by atoms with E-state index in [9.17, 15) is 35.9 Å². The Bertz CT molecular complexity index is 853. The summed E-state index contributed by atoms with van der Waals surface area (Å²) >= 11 is 10.9. The SMILES string of the molecule is O=C(Nc1ccc(Cl)c(C(F)(F)F)c1)C(=O)Nc1ccc(Cl)c(C(F)(F)F)c1. The monoisotopic (exact) mass is 444 g/mol. The average molecular weight is 445 g/mol. The van der Waals surface area contributed by atoms with Gasteiger partial charge < -0.3 is 10.6 Å². The molecule has 2 aromatic rings. The van der Waals surface area contributed by atoms with Gasteiger partial charge in [0, 0.05) is 11.4 Å². The van der Waals surface area contributed by atoms with Crippen molar-refractivity contribution in [3.8, 4) is 0 Å².